The molecule has 1 heterocycles. The highest BCUT2D eigenvalue weighted by molar-refractivity contribution is 5.73. The lowest BCUT2D eigenvalue weighted by atomic mass is 10.3. The molecule has 0 aliphatic rings. The van der Waals surface area contributed by atoms with Gasteiger partial charge in [0.15, 0.2) is 0 Å². The Morgan fingerprint density at radius 2 is 2.54 bits per heavy atom. The zero-order valence-corrected chi connectivity index (χ0v) is 7.73. The molecule has 0 aliphatic heterocycles. The maximum Gasteiger partial charge on any atom is 0.328 e. The summed E-state index contributed by atoms with van der Waals surface area (Å²) in [5.41, 5.74) is 6.28. The Bertz CT molecular complexity index is 295. The lowest BCUT2D eigenvalue weighted by Gasteiger charge is -2.12. The van der Waals surface area contributed by atoms with Crippen LogP contribution in [0.25, 0.3) is 0 Å². The van der Waals surface area contributed by atoms with Crippen LogP contribution >= 0.6 is 0 Å². The molecule has 0 fully saturated rings. The highest BCUT2D eigenvalue weighted by atomic mass is 16.5. The summed E-state index contributed by atoms with van der Waals surface area (Å²) in [5, 5.41) is 0. The van der Waals surface area contributed by atoms with Crippen LogP contribution in [0.2, 0.25) is 0 Å². The molecule has 0 bridgehead atoms. The summed E-state index contributed by atoms with van der Waals surface area (Å²) in [5.74, 6) is -0.298. The summed E-state index contributed by atoms with van der Waals surface area (Å²) in [7, 11) is 1.36. The quantitative estimate of drug-likeness (QED) is 0.673. The van der Waals surface area contributed by atoms with E-state index in [0.29, 0.717) is 6.54 Å². The molecule has 1 aromatic rings. The van der Waals surface area contributed by atoms with Crippen LogP contribution in [0.4, 0.5) is 0 Å². The number of esters is 1. The molecule has 1 unspecified atom stereocenters. The van der Waals surface area contributed by atoms with E-state index in [0.717, 1.165) is 5.69 Å². The van der Waals surface area contributed by atoms with E-state index in [2.05, 4.69) is 9.72 Å². The van der Waals surface area contributed by atoms with Crippen LogP contribution in [0.5, 0.6) is 0 Å². The van der Waals surface area contributed by atoms with Gasteiger partial charge in [-0.05, 0) is 6.92 Å². The van der Waals surface area contributed by atoms with Crippen LogP contribution < -0.4 is 5.73 Å². The van der Waals surface area contributed by atoms with Gasteiger partial charge in [0.05, 0.1) is 19.1 Å². The lowest BCUT2D eigenvalue weighted by Crippen LogP contribution is -2.20. The van der Waals surface area contributed by atoms with E-state index in [-0.39, 0.29) is 12.0 Å². The van der Waals surface area contributed by atoms with E-state index < -0.39 is 0 Å². The Kier molecular flexibility index (Phi) is 3.02. The van der Waals surface area contributed by atoms with Gasteiger partial charge in [0, 0.05) is 12.7 Å². The molecule has 0 saturated heterocycles. The van der Waals surface area contributed by atoms with Gasteiger partial charge in [-0.25, -0.2) is 9.78 Å². The summed E-state index contributed by atoms with van der Waals surface area (Å²) in [4.78, 5) is 15.1. The van der Waals surface area contributed by atoms with E-state index in [1.807, 2.05) is 0 Å². The topological polar surface area (TPSA) is 70.1 Å². The Morgan fingerprint density at radius 3 is 3.08 bits per heavy atom. The van der Waals surface area contributed by atoms with Gasteiger partial charge >= 0.3 is 5.97 Å². The number of carbonyl (C=O) groups is 1. The fraction of sp³-hybridized carbons (Fsp3) is 0.500. The molecule has 1 aromatic heterocycles. The SMILES string of the molecule is COC(=O)C(C)n1cncc1CN. The molecule has 0 spiro atoms. The maximum absolute atomic E-state index is 11.2. The van der Waals surface area contributed by atoms with Crippen molar-refractivity contribution in [3.05, 3.63) is 18.2 Å². The second-order valence-electron chi connectivity index (χ2n) is 2.70. The summed E-state index contributed by atoms with van der Waals surface area (Å²) < 4.78 is 6.31. The van der Waals surface area contributed by atoms with Crippen LogP contribution in [-0.2, 0) is 16.1 Å². The van der Waals surface area contributed by atoms with Crippen molar-refractivity contribution in [2.75, 3.05) is 7.11 Å². The van der Waals surface area contributed by atoms with Crippen molar-refractivity contribution in [1.82, 2.24) is 9.55 Å². The largest absolute Gasteiger partial charge is 0.467 e. The first-order valence-electron chi connectivity index (χ1n) is 3.99. The minimum atomic E-state index is -0.369. The molecule has 13 heavy (non-hydrogen) atoms. The highest BCUT2D eigenvalue weighted by Gasteiger charge is 2.16. The standard InChI is InChI=1S/C8H13N3O2/c1-6(8(12)13-2)11-5-10-4-7(11)3-9/h4-6H,3,9H2,1-2H3. The molecular formula is C8H13N3O2. The van der Waals surface area contributed by atoms with E-state index in [4.69, 9.17) is 5.73 Å². The second kappa shape index (κ2) is 4.04. The molecule has 5 nitrogen and oxygen atoms in total. The third-order valence-electron chi connectivity index (χ3n) is 1.91. The predicted octanol–water partition coefficient (Wildman–Crippen LogP) is 0.0758. The first-order valence-corrected chi connectivity index (χ1v) is 3.99. The molecule has 72 valence electrons. The number of hydrogen-bond acceptors (Lipinski definition) is 4. The van der Waals surface area contributed by atoms with Gasteiger partial charge in [0.1, 0.15) is 6.04 Å². The van der Waals surface area contributed by atoms with Gasteiger partial charge in [-0.3, -0.25) is 0 Å². The van der Waals surface area contributed by atoms with E-state index in [9.17, 15) is 4.79 Å². The normalized spacial score (nSPS) is 12.5. The van der Waals surface area contributed by atoms with E-state index in [1.165, 1.54) is 7.11 Å². The molecule has 1 atom stereocenters. The van der Waals surface area contributed by atoms with Crippen molar-refractivity contribution >= 4 is 5.97 Å². The first kappa shape index (κ1) is 9.73. The van der Waals surface area contributed by atoms with Gasteiger partial charge in [-0.1, -0.05) is 0 Å². The monoisotopic (exact) mass is 183 g/mol. The van der Waals surface area contributed by atoms with E-state index in [1.54, 1.807) is 24.0 Å². The summed E-state index contributed by atoms with van der Waals surface area (Å²) in [6.45, 7) is 2.11. The Morgan fingerprint density at radius 1 is 1.85 bits per heavy atom. The number of ether oxygens (including phenoxy) is 1. The fourth-order valence-corrected chi connectivity index (χ4v) is 1.12. The molecule has 0 aromatic carbocycles. The van der Waals surface area contributed by atoms with Crippen molar-refractivity contribution in [3.8, 4) is 0 Å². The van der Waals surface area contributed by atoms with Crippen LogP contribution in [0.3, 0.4) is 0 Å². The molecule has 0 amide bonds. The van der Waals surface area contributed by atoms with Crippen LogP contribution in [0.15, 0.2) is 12.5 Å². The van der Waals surface area contributed by atoms with Crippen molar-refractivity contribution in [1.29, 1.82) is 0 Å². The van der Waals surface area contributed by atoms with Gasteiger partial charge in [-0.15, -0.1) is 0 Å². The number of nitrogens with two attached hydrogens (primary N) is 1. The molecule has 5 heteroatoms. The van der Waals surface area contributed by atoms with Crippen molar-refractivity contribution in [2.45, 2.75) is 19.5 Å². The number of aromatic nitrogens is 2. The smallest absolute Gasteiger partial charge is 0.328 e. The fourth-order valence-electron chi connectivity index (χ4n) is 1.12. The molecular weight excluding hydrogens is 170 g/mol. The number of imidazole rings is 1. The summed E-state index contributed by atoms with van der Waals surface area (Å²) in [6, 6.07) is -0.369. The predicted molar refractivity (Wildman–Crippen MR) is 46.8 cm³/mol. The van der Waals surface area contributed by atoms with Gasteiger partial charge < -0.3 is 15.0 Å². The average Bonchev–Trinajstić information content (AvgIpc) is 2.62. The number of rotatable bonds is 3. The third-order valence-corrected chi connectivity index (χ3v) is 1.91. The van der Waals surface area contributed by atoms with Crippen LogP contribution in [0, 0.1) is 0 Å². The molecule has 0 saturated carbocycles. The number of carbonyl (C=O) groups excluding carboxylic acids is 1. The molecule has 0 radical (unpaired) electrons. The summed E-state index contributed by atoms with van der Waals surface area (Å²) in [6.07, 6.45) is 3.21. The number of methoxy groups -OCH3 is 1. The minimum Gasteiger partial charge on any atom is -0.467 e. The van der Waals surface area contributed by atoms with Gasteiger partial charge in [0.2, 0.25) is 0 Å². The van der Waals surface area contributed by atoms with Crippen LogP contribution in [-0.4, -0.2) is 22.6 Å². The van der Waals surface area contributed by atoms with E-state index >= 15 is 0 Å². The van der Waals surface area contributed by atoms with Gasteiger partial charge in [-0.2, -0.15) is 0 Å². The van der Waals surface area contributed by atoms with Crippen molar-refractivity contribution < 1.29 is 9.53 Å². The maximum atomic E-state index is 11.2. The van der Waals surface area contributed by atoms with Gasteiger partial charge in [0.25, 0.3) is 0 Å². The molecule has 0 aliphatic carbocycles. The zero-order valence-electron chi connectivity index (χ0n) is 7.73. The molecule has 2 N–H and O–H groups in total. The lowest BCUT2D eigenvalue weighted by molar-refractivity contribution is -0.144. The zero-order chi connectivity index (χ0) is 9.84. The van der Waals surface area contributed by atoms with Crippen LogP contribution in [0.1, 0.15) is 18.7 Å². The number of hydrogen-bond donors (Lipinski definition) is 1. The average molecular weight is 183 g/mol. The number of nitrogens with zero attached hydrogens (tertiary/aromatic N) is 2. The molecule has 1 rings (SSSR count). The second-order valence-corrected chi connectivity index (χ2v) is 2.70. The van der Waals surface area contributed by atoms with Crippen molar-refractivity contribution in [3.63, 3.8) is 0 Å². The highest BCUT2D eigenvalue weighted by Crippen LogP contribution is 2.10. The first-order chi connectivity index (χ1) is 6.20. The Hall–Kier alpha value is -1.36. The Labute approximate surface area is 76.5 Å². The minimum absolute atomic E-state index is 0.298. The van der Waals surface area contributed by atoms with Crippen molar-refractivity contribution in [2.24, 2.45) is 5.73 Å². The third kappa shape index (κ3) is 1.86. The Balaban J connectivity index is 2.87. The summed E-state index contributed by atoms with van der Waals surface area (Å²) >= 11 is 0.